The first-order valence-corrected chi connectivity index (χ1v) is 10.3. The molecular formula is C15H18N4O5S2. The van der Waals surface area contributed by atoms with E-state index in [2.05, 4.69) is 10.3 Å². The third kappa shape index (κ3) is 4.61. The highest BCUT2D eigenvalue weighted by molar-refractivity contribution is 8.15. The lowest BCUT2D eigenvalue weighted by atomic mass is 10.2. The SMILES string of the molecule is NS(=O)(=O)c1ccc(NC(=O)CC2SC(N3CCOCC3)=NC2=O)cc1. The molecule has 0 bridgehead atoms. The Balaban J connectivity index is 1.54. The van der Waals surface area contributed by atoms with Crippen LogP contribution in [-0.4, -0.2) is 61.9 Å². The van der Waals surface area contributed by atoms with Crippen molar-refractivity contribution in [3.8, 4) is 0 Å². The number of rotatable bonds is 4. The average Bonchev–Trinajstić information content (AvgIpc) is 2.96. The van der Waals surface area contributed by atoms with E-state index in [1.54, 1.807) is 0 Å². The first-order valence-electron chi connectivity index (χ1n) is 7.87. The van der Waals surface area contributed by atoms with Gasteiger partial charge in [-0.15, -0.1) is 0 Å². The lowest BCUT2D eigenvalue weighted by Gasteiger charge is -2.27. The fraction of sp³-hybridized carbons (Fsp3) is 0.400. The van der Waals surface area contributed by atoms with E-state index >= 15 is 0 Å². The van der Waals surface area contributed by atoms with Gasteiger partial charge in [0.2, 0.25) is 15.9 Å². The molecule has 1 atom stereocenters. The highest BCUT2D eigenvalue weighted by Crippen LogP contribution is 2.28. The summed E-state index contributed by atoms with van der Waals surface area (Å²) in [6.07, 6.45) is -0.0161. The second kappa shape index (κ2) is 7.74. The number of aliphatic imine (C=N–C) groups is 1. The first-order chi connectivity index (χ1) is 12.3. The van der Waals surface area contributed by atoms with Gasteiger partial charge >= 0.3 is 0 Å². The van der Waals surface area contributed by atoms with Crippen LogP contribution >= 0.6 is 11.8 Å². The average molecular weight is 398 g/mol. The Morgan fingerprint density at radius 3 is 2.58 bits per heavy atom. The predicted molar refractivity (Wildman–Crippen MR) is 97.3 cm³/mol. The minimum atomic E-state index is -3.78. The number of hydrogen-bond donors (Lipinski definition) is 2. The number of nitrogens with two attached hydrogens (primary N) is 1. The van der Waals surface area contributed by atoms with Crippen LogP contribution in [0.5, 0.6) is 0 Å². The van der Waals surface area contributed by atoms with Crippen molar-refractivity contribution in [2.75, 3.05) is 31.6 Å². The molecule has 9 nitrogen and oxygen atoms in total. The molecule has 3 N–H and O–H groups in total. The standard InChI is InChI=1S/C15H18N4O5S2/c16-26(22,23)11-3-1-10(2-4-11)17-13(20)9-12-14(21)18-15(25-12)19-5-7-24-8-6-19/h1-4,12H,5-9H2,(H,17,20)(H2,16,22,23). The Labute approximate surface area is 155 Å². The number of carbonyl (C=O) groups is 2. The molecule has 0 saturated carbocycles. The fourth-order valence-electron chi connectivity index (χ4n) is 2.51. The molecule has 1 aromatic carbocycles. The number of amides is 2. The summed E-state index contributed by atoms with van der Waals surface area (Å²) >= 11 is 1.28. The van der Waals surface area contributed by atoms with Crippen molar-refractivity contribution in [2.45, 2.75) is 16.6 Å². The topological polar surface area (TPSA) is 131 Å². The maximum Gasteiger partial charge on any atom is 0.262 e. The summed E-state index contributed by atoms with van der Waals surface area (Å²) in [7, 11) is -3.78. The van der Waals surface area contributed by atoms with Crippen LogP contribution in [0.15, 0.2) is 34.2 Å². The number of morpholine rings is 1. The molecule has 0 spiro atoms. The van der Waals surface area contributed by atoms with Crippen LogP contribution < -0.4 is 10.5 Å². The first kappa shape index (κ1) is 18.8. The molecule has 2 aliphatic rings. The van der Waals surface area contributed by atoms with Gasteiger partial charge in [0.15, 0.2) is 5.17 Å². The summed E-state index contributed by atoms with van der Waals surface area (Å²) in [6, 6.07) is 5.49. The van der Waals surface area contributed by atoms with Gasteiger partial charge in [0, 0.05) is 25.2 Å². The molecule has 2 aliphatic heterocycles. The summed E-state index contributed by atoms with van der Waals surface area (Å²) in [5.74, 6) is -0.672. The summed E-state index contributed by atoms with van der Waals surface area (Å²) < 4.78 is 27.7. The van der Waals surface area contributed by atoms with Crippen molar-refractivity contribution in [3.05, 3.63) is 24.3 Å². The monoisotopic (exact) mass is 398 g/mol. The van der Waals surface area contributed by atoms with Crippen LogP contribution in [0.4, 0.5) is 5.69 Å². The zero-order valence-electron chi connectivity index (χ0n) is 13.8. The van der Waals surface area contributed by atoms with Crippen LogP contribution in [0, 0.1) is 0 Å². The van der Waals surface area contributed by atoms with Gasteiger partial charge < -0.3 is 15.0 Å². The Kier molecular flexibility index (Phi) is 5.61. The Morgan fingerprint density at radius 2 is 1.96 bits per heavy atom. The minimum absolute atomic E-state index is 0.0161. The van der Waals surface area contributed by atoms with Gasteiger partial charge in [-0.25, -0.2) is 13.6 Å². The number of primary sulfonamides is 1. The number of hydrogen-bond acceptors (Lipinski definition) is 7. The van der Waals surface area contributed by atoms with E-state index in [0.29, 0.717) is 37.2 Å². The van der Waals surface area contributed by atoms with Crippen LogP contribution in [0.3, 0.4) is 0 Å². The van der Waals surface area contributed by atoms with Crippen molar-refractivity contribution in [3.63, 3.8) is 0 Å². The quantitative estimate of drug-likeness (QED) is 0.729. The largest absolute Gasteiger partial charge is 0.378 e. The van der Waals surface area contributed by atoms with Gasteiger partial charge in [-0.3, -0.25) is 9.59 Å². The lowest BCUT2D eigenvalue weighted by Crippen LogP contribution is -2.39. The zero-order chi connectivity index (χ0) is 18.7. The van der Waals surface area contributed by atoms with Gasteiger partial charge in [-0.1, -0.05) is 11.8 Å². The number of anilines is 1. The van der Waals surface area contributed by atoms with Crippen molar-refractivity contribution in [1.29, 1.82) is 0 Å². The summed E-state index contributed by atoms with van der Waals surface area (Å²) in [4.78, 5) is 30.2. The van der Waals surface area contributed by atoms with Crippen molar-refractivity contribution < 1.29 is 22.7 Å². The van der Waals surface area contributed by atoms with E-state index in [1.807, 2.05) is 4.90 Å². The zero-order valence-corrected chi connectivity index (χ0v) is 15.4. The summed E-state index contributed by atoms with van der Waals surface area (Å²) in [6.45, 7) is 2.53. The van der Waals surface area contributed by atoms with Crippen LogP contribution in [0.1, 0.15) is 6.42 Å². The number of ether oxygens (including phenoxy) is 1. The molecule has 1 saturated heterocycles. The number of amidine groups is 1. The number of sulfonamides is 1. The number of nitrogens with one attached hydrogen (secondary N) is 1. The number of nitrogens with zero attached hydrogens (tertiary/aromatic N) is 2. The van der Waals surface area contributed by atoms with Crippen molar-refractivity contribution in [2.24, 2.45) is 10.1 Å². The van der Waals surface area contributed by atoms with Crippen LogP contribution in [0.2, 0.25) is 0 Å². The second-order valence-electron chi connectivity index (χ2n) is 5.76. The summed E-state index contributed by atoms with van der Waals surface area (Å²) in [5.41, 5.74) is 0.423. The normalized spacial score (nSPS) is 20.8. The number of benzene rings is 1. The molecule has 0 radical (unpaired) electrons. The van der Waals surface area contributed by atoms with Gasteiger partial charge in [0.05, 0.1) is 18.1 Å². The highest BCUT2D eigenvalue weighted by atomic mass is 32.2. The Morgan fingerprint density at radius 1 is 1.31 bits per heavy atom. The van der Waals surface area contributed by atoms with E-state index in [1.165, 1.54) is 36.0 Å². The van der Waals surface area contributed by atoms with E-state index in [0.717, 1.165) is 0 Å². The fourth-order valence-corrected chi connectivity index (χ4v) is 4.14. The Hall–Kier alpha value is -1.95. The van der Waals surface area contributed by atoms with E-state index < -0.39 is 15.3 Å². The predicted octanol–water partition coefficient (Wildman–Crippen LogP) is -0.00720. The van der Waals surface area contributed by atoms with E-state index in [4.69, 9.17) is 9.88 Å². The van der Waals surface area contributed by atoms with Crippen molar-refractivity contribution in [1.82, 2.24) is 4.90 Å². The molecule has 0 aromatic heterocycles. The molecule has 2 amide bonds. The lowest BCUT2D eigenvalue weighted by molar-refractivity contribution is -0.121. The van der Waals surface area contributed by atoms with Gasteiger partial charge in [0.25, 0.3) is 5.91 Å². The third-order valence-corrected chi connectivity index (χ3v) is 5.99. The van der Waals surface area contributed by atoms with Crippen LogP contribution in [-0.2, 0) is 24.3 Å². The van der Waals surface area contributed by atoms with Crippen LogP contribution in [0.25, 0.3) is 0 Å². The molecule has 1 fully saturated rings. The minimum Gasteiger partial charge on any atom is -0.378 e. The highest BCUT2D eigenvalue weighted by Gasteiger charge is 2.33. The molecule has 0 aliphatic carbocycles. The molecule has 3 rings (SSSR count). The Bertz CT molecular complexity index is 832. The van der Waals surface area contributed by atoms with Crippen molar-refractivity contribution >= 4 is 44.5 Å². The number of thioether (sulfide) groups is 1. The molecule has 26 heavy (non-hydrogen) atoms. The third-order valence-electron chi connectivity index (χ3n) is 3.85. The molecular weight excluding hydrogens is 380 g/mol. The smallest absolute Gasteiger partial charge is 0.262 e. The number of carbonyl (C=O) groups excluding carboxylic acids is 2. The maximum atomic E-state index is 12.2. The summed E-state index contributed by atoms with van der Waals surface area (Å²) in [5, 5.41) is 7.74. The van der Waals surface area contributed by atoms with E-state index in [-0.39, 0.29) is 23.1 Å². The van der Waals surface area contributed by atoms with Gasteiger partial charge in [-0.05, 0) is 24.3 Å². The van der Waals surface area contributed by atoms with E-state index in [9.17, 15) is 18.0 Å². The molecule has 1 unspecified atom stereocenters. The van der Waals surface area contributed by atoms with Gasteiger partial charge in [0.1, 0.15) is 5.25 Å². The van der Waals surface area contributed by atoms with Gasteiger partial charge in [-0.2, -0.15) is 4.99 Å². The molecule has 1 aromatic rings. The maximum absolute atomic E-state index is 12.2. The molecule has 2 heterocycles. The molecule has 140 valence electrons. The second-order valence-corrected chi connectivity index (χ2v) is 8.49. The molecule has 11 heteroatoms.